The Morgan fingerprint density at radius 3 is 2.53 bits per heavy atom. The van der Waals surface area contributed by atoms with Crippen LogP contribution in [-0.2, 0) is 14.1 Å². The summed E-state index contributed by atoms with van der Waals surface area (Å²) in [6.45, 7) is 0. The summed E-state index contributed by atoms with van der Waals surface area (Å²) < 4.78 is 3.43. The van der Waals surface area contributed by atoms with Gasteiger partial charge in [-0.1, -0.05) is 0 Å². The van der Waals surface area contributed by atoms with Crippen LogP contribution >= 0.6 is 0 Å². The van der Waals surface area contributed by atoms with Crippen LogP contribution < -0.4 is 11.1 Å². The number of nitrogen functional groups attached to an aromatic ring is 1. The molecule has 0 aliphatic carbocycles. The maximum absolute atomic E-state index is 5.85. The zero-order valence-corrected chi connectivity index (χ0v) is 8.89. The number of aromatic nitrogens is 5. The number of aryl methyl sites for hydroxylation is 1. The fourth-order valence-electron chi connectivity index (χ4n) is 1.40. The SMILES string of the molecule is CNc1nnc(-c2cnn(C)c2N)n1C. The Kier molecular flexibility index (Phi) is 2.07. The van der Waals surface area contributed by atoms with E-state index in [-0.39, 0.29) is 0 Å². The highest BCUT2D eigenvalue weighted by atomic mass is 15.4. The van der Waals surface area contributed by atoms with E-state index in [4.69, 9.17) is 5.73 Å². The Balaban J connectivity index is 2.54. The predicted molar refractivity (Wildman–Crippen MR) is 57.2 cm³/mol. The van der Waals surface area contributed by atoms with Gasteiger partial charge in [0.15, 0.2) is 5.82 Å². The minimum Gasteiger partial charge on any atom is -0.383 e. The maximum atomic E-state index is 5.85. The van der Waals surface area contributed by atoms with Crippen LogP contribution in [0.3, 0.4) is 0 Å². The van der Waals surface area contributed by atoms with E-state index < -0.39 is 0 Å². The van der Waals surface area contributed by atoms with Crippen LogP contribution in [0.15, 0.2) is 6.20 Å². The van der Waals surface area contributed by atoms with Gasteiger partial charge in [-0.15, -0.1) is 10.2 Å². The number of nitrogens with zero attached hydrogens (tertiary/aromatic N) is 5. The fourth-order valence-corrected chi connectivity index (χ4v) is 1.40. The van der Waals surface area contributed by atoms with Crippen LogP contribution in [0.25, 0.3) is 11.4 Å². The first-order chi connectivity index (χ1) is 7.15. The number of anilines is 2. The van der Waals surface area contributed by atoms with Gasteiger partial charge in [-0.3, -0.25) is 9.25 Å². The summed E-state index contributed by atoms with van der Waals surface area (Å²) in [5, 5.41) is 15.0. The molecular formula is C8H13N7. The summed E-state index contributed by atoms with van der Waals surface area (Å²) in [6, 6.07) is 0. The van der Waals surface area contributed by atoms with E-state index in [2.05, 4.69) is 20.6 Å². The van der Waals surface area contributed by atoms with Crippen LogP contribution in [0.1, 0.15) is 0 Å². The van der Waals surface area contributed by atoms with Crippen molar-refractivity contribution in [3.8, 4) is 11.4 Å². The summed E-state index contributed by atoms with van der Waals surface area (Å²) in [5.74, 6) is 1.96. The third-order valence-corrected chi connectivity index (χ3v) is 2.32. The number of nitrogens with one attached hydrogen (secondary N) is 1. The van der Waals surface area contributed by atoms with Gasteiger partial charge >= 0.3 is 0 Å². The Hall–Kier alpha value is -2.05. The average Bonchev–Trinajstić information content (AvgIpc) is 2.73. The topological polar surface area (TPSA) is 86.6 Å². The normalized spacial score (nSPS) is 10.6. The molecule has 2 heterocycles. The first kappa shape index (κ1) is 9.50. The molecule has 80 valence electrons. The number of hydrogen-bond acceptors (Lipinski definition) is 5. The minimum absolute atomic E-state index is 0.577. The highest BCUT2D eigenvalue weighted by Gasteiger charge is 2.14. The van der Waals surface area contributed by atoms with Crippen LogP contribution in [0.4, 0.5) is 11.8 Å². The molecule has 0 spiro atoms. The van der Waals surface area contributed by atoms with E-state index in [1.165, 1.54) is 0 Å². The van der Waals surface area contributed by atoms with Crippen LogP contribution in [0.5, 0.6) is 0 Å². The van der Waals surface area contributed by atoms with Crippen molar-refractivity contribution < 1.29 is 0 Å². The molecule has 2 aromatic rings. The van der Waals surface area contributed by atoms with Gasteiger partial charge in [-0.2, -0.15) is 5.10 Å². The third-order valence-electron chi connectivity index (χ3n) is 2.32. The molecule has 0 aliphatic rings. The Morgan fingerprint density at radius 2 is 2.07 bits per heavy atom. The van der Waals surface area contributed by atoms with Crippen molar-refractivity contribution in [3.63, 3.8) is 0 Å². The molecular weight excluding hydrogens is 194 g/mol. The van der Waals surface area contributed by atoms with E-state index in [1.54, 1.807) is 25.0 Å². The Morgan fingerprint density at radius 1 is 1.33 bits per heavy atom. The second kappa shape index (κ2) is 3.26. The van der Waals surface area contributed by atoms with Gasteiger partial charge in [0.1, 0.15) is 5.82 Å². The number of nitrogens with two attached hydrogens (primary N) is 1. The quantitative estimate of drug-likeness (QED) is 0.714. The molecule has 0 fully saturated rings. The maximum Gasteiger partial charge on any atom is 0.224 e. The van der Waals surface area contributed by atoms with Gasteiger partial charge in [0.2, 0.25) is 5.95 Å². The van der Waals surface area contributed by atoms with Gasteiger partial charge in [0.25, 0.3) is 0 Å². The number of rotatable bonds is 2. The second-order valence-electron chi connectivity index (χ2n) is 3.22. The van der Waals surface area contributed by atoms with Crippen molar-refractivity contribution in [1.82, 2.24) is 24.5 Å². The Bertz CT molecular complexity index is 481. The molecule has 0 aliphatic heterocycles. The number of hydrogen-bond donors (Lipinski definition) is 2. The molecule has 0 saturated carbocycles. The zero-order valence-electron chi connectivity index (χ0n) is 8.89. The van der Waals surface area contributed by atoms with Gasteiger partial charge in [-0.25, -0.2) is 0 Å². The molecule has 2 aromatic heterocycles. The molecule has 15 heavy (non-hydrogen) atoms. The molecule has 3 N–H and O–H groups in total. The molecule has 0 radical (unpaired) electrons. The molecule has 7 heteroatoms. The molecule has 0 unspecified atom stereocenters. The largest absolute Gasteiger partial charge is 0.383 e. The smallest absolute Gasteiger partial charge is 0.224 e. The van der Waals surface area contributed by atoms with E-state index in [0.717, 1.165) is 5.56 Å². The van der Waals surface area contributed by atoms with Crippen molar-refractivity contribution in [2.75, 3.05) is 18.1 Å². The van der Waals surface area contributed by atoms with E-state index in [9.17, 15) is 0 Å². The molecule has 0 atom stereocenters. The van der Waals surface area contributed by atoms with Crippen molar-refractivity contribution in [2.24, 2.45) is 14.1 Å². The van der Waals surface area contributed by atoms with Crippen molar-refractivity contribution in [1.29, 1.82) is 0 Å². The van der Waals surface area contributed by atoms with Crippen molar-refractivity contribution in [3.05, 3.63) is 6.20 Å². The van der Waals surface area contributed by atoms with Crippen LogP contribution in [-0.4, -0.2) is 31.6 Å². The molecule has 0 bridgehead atoms. The minimum atomic E-state index is 0.577. The average molecular weight is 207 g/mol. The molecule has 0 aromatic carbocycles. The molecule has 2 rings (SSSR count). The van der Waals surface area contributed by atoms with Crippen LogP contribution in [0.2, 0.25) is 0 Å². The summed E-state index contributed by atoms with van der Waals surface area (Å²) in [4.78, 5) is 0. The lowest BCUT2D eigenvalue weighted by molar-refractivity contribution is 0.779. The fraction of sp³-hybridized carbons (Fsp3) is 0.375. The molecule has 0 saturated heterocycles. The van der Waals surface area contributed by atoms with Gasteiger partial charge in [0.05, 0.1) is 11.8 Å². The van der Waals surface area contributed by atoms with E-state index >= 15 is 0 Å². The predicted octanol–water partition coefficient (Wildman–Crippen LogP) is -0.161. The third kappa shape index (κ3) is 1.32. The highest BCUT2D eigenvalue weighted by Crippen LogP contribution is 2.23. The van der Waals surface area contributed by atoms with Crippen molar-refractivity contribution >= 4 is 11.8 Å². The Labute approximate surface area is 86.9 Å². The summed E-state index contributed by atoms with van der Waals surface area (Å²) in [7, 11) is 5.45. The molecule has 7 nitrogen and oxygen atoms in total. The van der Waals surface area contributed by atoms with E-state index in [1.807, 2.05) is 11.6 Å². The monoisotopic (exact) mass is 207 g/mol. The summed E-state index contributed by atoms with van der Waals surface area (Å²) in [5.41, 5.74) is 6.64. The molecule has 0 amide bonds. The van der Waals surface area contributed by atoms with Gasteiger partial charge < -0.3 is 11.1 Å². The zero-order chi connectivity index (χ0) is 11.0. The van der Waals surface area contributed by atoms with Gasteiger partial charge in [-0.05, 0) is 0 Å². The lowest BCUT2D eigenvalue weighted by atomic mass is 10.3. The summed E-state index contributed by atoms with van der Waals surface area (Å²) >= 11 is 0. The first-order valence-corrected chi connectivity index (χ1v) is 4.50. The summed E-state index contributed by atoms with van der Waals surface area (Å²) in [6.07, 6.45) is 1.68. The lowest BCUT2D eigenvalue weighted by Crippen LogP contribution is -2.02. The second-order valence-corrected chi connectivity index (χ2v) is 3.22. The van der Waals surface area contributed by atoms with Crippen molar-refractivity contribution in [2.45, 2.75) is 0 Å². The first-order valence-electron chi connectivity index (χ1n) is 4.50. The van der Waals surface area contributed by atoms with Gasteiger partial charge in [0, 0.05) is 21.1 Å². The van der Waals surface area contributed by atoms with Crippen LogP contribution in [0, 0.1) is 0 Å². The standard InChI is InChI=1S/C8H13N7/c1-10-8-13-12-7(14(8)2)5-4-11-15(3)6(5)9/h4H,9H2,1-3H3,(H,10,13). The highest BCUT2D eigenvalue weighted by molar-refractivity contribution is 5.68. The van der Waals surface area contributed by atoms with E-state index in [0.29, 0.717) is 17.6 Å². The lowest BCUT2D eigenvalue weighted by Gasteiger charge is -2.02.